The van der Waals surface area contributed by atoms with E-state index in [-0.39, 0.29) is 29.4 Å². The molecule has 0 unspecified atom stereocenters. The Morgan fingerprint density at radius 2 is 1.95 bits per heavy atom. The van der Waals surface area contributed by atoms with Crippen molar-refractivity contribution in [2.24, 2.45) is 10.4 Å². The first-order chi connectivity index (χ1) is 10.1. The van der Waals surface area contributed by atoms with Crippen LogP contribution in [0.3, 0.4) is 0 Å². The van der Waals surface area contributed by atoms with Crippen LogP contribution in [0.5, 0.6) is 5.75 Å². The van der Waals surface area contributed by atoms with E-state index in [1.54, 1.807) is 7.11 Å². The lowest BCUT2D eigenvalue weighted by Gasteiger charge is -2.38. The number of ether oxygens (including phenoxy) is 2. The van der Waals surface area contributed by atoms with Crippen LogP contribution in [0.15, 0.2) is 29.3 Å². The predicted octanol–water partition coefficient (Wildman–Crippen LogP) is 2.40. The Balaban J connectivity index is 0.00000242. The van der Waals surface area contributed by atoms with E-state index in [1.807, 2.05) is 24.3 Å². The number of aliphatic imine (C=N–C) groups is 1. The van der Waals surface area contributed by atoms with Gasteiger partial charge in [0.05, 0.1) is 26.9 Å². The van der Waals surface area contributed by atoms with Crippen LogP contribution < -0.4 is 15.4 Å². The Kier molecular flexibility index (Phi) is 7.95. The van der Waals surface area contributed by atoms with Gasteiger partial charge in [-0.1, -0.05) is 19.1 Å². The second-order valence-electron chi connectivity index (χ2n) is 5.70. The van der Waals surface area contributed by atoms with E-state index in [0.717, 1.165) is 43.6 Å². The summed E-state index contributed by atoms with van der Waals surface area (Å²) in [7, 11) is 1.67. The lowest BCUT2D eigenvalue weighted by Crippen LogP contribution is -2.51. The maximum atomic E-state index is 5.27. The highest BCUT2D eigenvalue weighted by molar-refractivity contribution is 14.0. The quantitative estimate of drug-likeness (QED) is 0.423. The van der Waals surface area contributed by atoms with Crippen LogP contribution in [0.1, 0.15) is 19.4 Å². The minimum Gasteiger partial charge on any atom is -0.497 e. The van der Waals surface area contributed by atoms with Gasteiger partial charge in [0.2, 0.25) is 0 Å². The zero-order valence-electron chi connectivity index (χ0n) is 13.5. The van der Waals surface area contributed by atoms with Gasteiger partial charge in [0, 0.05) is 18.5 Å². The van der Waals surface area contributed by atoms with Crippen molar-refractivity contribution in [2.45, 2.75) is 20.4 Å². The number of methoxy groups -OCH3 is 1. The molecule has 1 aromatic rings. The SMILES string of the molecule is CCNC(=NCc1ccc(OC)cc1)NCC1(C)COC1.I. The number of hydrogen-bond donors (Lipinski definition) is 2. The Hall–Kier alpha value is -1.02. The molecule has 1 heterocycles. The number of nitrogens with zero attached hydrogens (tertiary/aromatic N) is 1. The molecule has 124 valence electrons. The Bertz CT molecular complexity index is 473. The third-order valence-corrected chi connectivity index (χ3v) is 3.51. The highest BCUT2D eigenvalue weighted by Crippen LogP contribution is 2.24. The van der Waals surface area contributed by atoms with Crippen LogP contribution in [0.25, 0.3) is 0 Å². The van der Waals surface area contributed by atoms with Gasteiger partial charge in [0.25, 0.3) is 0 Å². The van der Waals surface area contributed by atoms with E-state index in [4.69, 9.17) is 9.47 Å². The monoisotopic (exact) mass is 419 g/mol. The summed E-state index contributed by atoms with van der Waals surface area (Å²) in [5, 5.41) is 6.66. The molecule has 0 atom stereocenters. The molecule has 0 radical (unpaired) electrons. The van der Waals surface area contributed by atoms with Gasteiger partial charge in [-0.3, -0.25) is 0 Å². The molecule has 1 aliphatic heterocycles. The second-order valence-corrected chi connectivity index (χ2v) is 5.70. The highest BCUT2D eigenvalue weighted by atomic mass is 127. The number of nitrogens with one attached hydrogen (secondary N) is 2. The molecular formula is C16H26IN3O2. The van der Waals surface area contributed by atoms with E-state index in [0.29, 0.717) is 6.54 Å². The van der Waals surface area contributed by atoms with E-state index in [9.17, 15) is 0 Å². The van der Waals surface area contributed by atoms with Crippen molar-refractivity contribution < 1.29 is 9.47 Å². The highest BCUT2D eigenvalue weighted by Gasteiger charge is 2.33. The first-order valence-corrected chi connectivity index (χ1v) is 7.38. The molecule has 1 saturated heterocycles. The zero-order chi connectivity index (χ0) is 15.1. The topological polar surface area (TPSA) is 54.9 Å². The molecule has 1 aliphatic rings. The molecule has 0 saturated carbocycles. The van der Waals surface area contributed by atoms with Crippen molar-refractivity contribution in [1.29, 1.82) is 0 Å². The van der Waals surface area contributed by atoms with Gasteiger partial charge >= 0.3 is 0 Å². The van der Waals surface area contributed by atoms with Crippen molar-refractivity contribution in [2.75, 3.05) is 33.4 Å². The minimum atomic E-state index is 0. The molecule has 2 N–H and O–H groups in total. The van der Waals surface area contributed by atoms with Crippen LogP contribution in [0.4, 0.5) is 0 Å². The predicted molar refractivity (Wildman–Crippen MR) is 100 cm³/mol. The average molecular weight is 419 g/mol. The van der Waals surface area contributed by atoms with Gasteiger partial charge in [-0.25, -0.2) is 4.99 Å². The summed E-state index contributed by atoms with van der Waals surface area (Å²) in [6.07, 6.45) is 0. The van der Waals surface area contributed by atoms with Crippen LogP contribution >= 0.6 is 24.0 Å². The summed E-state index contributed by atoms with van der Waals surface area (Å²) in [5.74, 6) is 1.71. The van der Waals surface area contributed by atoms with Gasteiger partial charge in [0.1, 0.15) is 5.75 Å². The van der Waals surface area contributed by atoms with Crippen LogP contribution in [-0.4, -0.2) is 39.4 Å². The summed E-state index contributed by atoms with van der Waals surface area (Å²) in [6, 6.07) is 7.98. The summed E-state index contributed by atoms with van der Waals surface area (Å²) in [4.78, 5) is 4.61. The molecular weight excluding hydrogens is 393 g/mol. The smallest absolute Gasteiger partial charge is 0.191 e. The molecule has 1 fully saturated rings. The van der Waals surface area contributed by atoms with Crippen LogP contribution in [0, 0.1) is 5.41 Å². The molecule has 0 bridgehead atoms. The van der Waals surface area contributed by atoms with E-state index < -0.39 is 0 Å². The summed E-state index contributed by atoms with van der Waals surface area (Å²) in [6.45, 7) is 8.29. The third-order valence-electron chi connectivity index (χ3n) is 3.51. The first-order valence-electron chi connectivity index (χ1n) is 7.38. The van der Waals surface area contributed by atoms with Crippen LogP contribution in [-0.2, 0) is 11.3 Å². The van der Waals surface area contributed by atoms with Gasteiger partial charge in [-0.2, -0.15) is 0 Å². The van der Waals surface area contributed by atoms with Crippen molar-refractivity contribution in [3.63, 3.8) is 0 Å². The average Bonchev–Trinajstić information content (AvgIpc) is 2.48. The van der Waals surface area contributed by atoms with Crippen molar-refractivity contribution in [3.8, 4) is 5.75 Å². The summed E-state index contributed by atoms with van der Waals surface area (Å²) in [5.41, 5.74) is 1.39. The fraction of sp³-hybridized carbons (Fsp3) is 0.562. The summed E-state index contributed by atoms with van der Waals surface area (Å²) < 4.78 is 10.4. The van der Waals surface area contributed by atoms with E-state index in [1.165, 1.54) is 0 Å². The first kappa shape index (κ1) is 19.0. The second kappa shape index (κ2) is 9.19. The molecule has 22 heavy (non-hydrogen) atoms. The van der Waals surface area contributed by atoms with Crippen molar-refractivity contribution in [1.82, 2.24) is 10.6 Å². The Morgan fingerprint density at radius 3 is 2.45 bits per heavy atom. The number of benzene rings is 1. The molecule has 0 aromatic heterocycles. The molecule has 5 nitrogen and oxygen atoms in total. The number of halogens is 1. The molecule has 0 aliphatic carbocycles. The van der Waals surface area contributed by atoms with Gasteiger partial charge in [0.15, 0.2) is 5.96 Å². The lowest BCUT2D eigenvalue weighted by molar-refractivity contribution is -0.0971. The van der Waals surface area contributed by atoms with Crippen molar-refractivity contribution in [3.05, 3.63) is 29.8 Å². The number of hydrogen-bond acceptors (Lipinski definition) is 3. The molecule has 0 spiro atoms. The Labute approximate surface area is 149 Å². The fourth-order valence-corrected chi connectivity index (χ4v) is 2.09. The normalized spacial score (nSPS) is 16.2. The molecule has 1 aromatic carbocycles. The number of guanidine groups is 1. The fourth-order valence-electron chi connectivity index (χ4n) is 2.09. The molecule has 2 rings (SSSR count). The van der Waals surface area contributed by atoms with Gasteiger partial charge in [-0.15, -0.1) is 24.0 Å². The largest absolute Gasteiger partial charge is 0.497 e. The lowest BCUT2D eigenvalue weighted by atomic mass is 9.89. The summed E-state index contributed by atoms with van der Waals surface area (Å²) >= 11 is 0. The molecule has 6 heteroatoms. The maximum Gasteiger partial charge on any atom is 0.191 e. The minimum absolute atomic E-state index is 0. The van der Waals surface area contributed by atoms with Crippen LogP contribution in [0.2, 0.25) is 0 Å². The zero-order valence-corrected chi connectivity index (χ0v) is 15.8. The Morgan fingerprint density at radius 1 is 1.27 bits per heavy atom. The van der Waals surface area contributed by atoms with E-state index >= 15 is 0 Å². The van der Waals surface area contributed by atoms with Crippen molar-refractivity contribution >= 4 is 29.9 Å². The molecule has 0 amide bonds. The maximum absolute atomic E-state index is 5.27. The number of rotatable bonds is 6. The van der Waals surface area contributed by atoms with Gasteiger partial charge in [-0.05, 0) is 24.6 Å². The third kappa shape index (κ3) is 5.64. The standard InChI is InChI=1S/C16H25N3O2.HI/c1-4-17-15(19-10-16(2)11-21-12-16)18-9-13-5-7-14(20-3)8-6-13;/h5-8H,4,9-12H2,1-3H3,(H2,17,18,19);1H. The van der Waals surface area contributed by atoms with Gasteiger partial charge < -0.3 is 20.1 Å². The van der Waals surface area contributed by atoms with E-state index in [2.05, 4.69) is 29.5 Å².